The summed E-state index contributed by atoms with van der Waals surface area (Å²) in [7, 11) is 0. The predicted octanol–water partition coefficient (Wildman–Crippen LogP) is 3.31. The standard InChI is InChI=1S/C18H17NO2/c20-17(19-21)18(16-9-5-2-6-10-16)12-11-15(13-18)14-7-3-1-4-8-14/h1-10,13,21H,11-12H2,(H,19,20)/t18-/m1/s1. The van der Waals surface area contributed by atoms with Crippen LogP contribution in [-0.2, 0) is 10.2 Å². The molecule has 0 unspecified atom stereocenters. The van der Waals surface area contributed by atoms with Crippen molar-refractivity contribution in [3.8, 4) is 0 Å². The van der Waals surface area contributed by atoms with Gasteiger partial charge in [0.05, 0.1) is 5.41 Å². The Balaban J connectivity index is 2.08. The Labute approximate surface area is 123 Å². The van der Waals surface area contributed by atoms with Gasteiger partial charge in [-0.2, -0.15) is 0 Å². The quantitative estimate of drug-likeness (QED) is 0.669. The number of carbonyl (C=O) groups is 1. The molecule has 21 heavy (non-hydrogen) atoms. The van der Waals surface area contributed by atoms with E-state index in [-0.39, 0.29) is 5.91 Å². The molecule has 0 saturated carbocycles. The molecule has 3 rings (SSSR count). The number of hydroxylamine groups is 1. The lowest BCUT2D eigenvalue weighted by molar-refractivity contribution is -0.133. The summed E-state index contributed by atoms with van der Waals surface area (Å²) >= 11 is 0. The largest absolute Gasteiger partial charge is 0.289 e. The number of benzene rings is 2. The lowest BCUT2D eigenvalue weighted by Crippen LogP contribution is -2.40. The maximum atomic E-state index is 12.3. The topological polar surface area (TPSA) is 49.3 Å². The first kappa shape index (κ1) is 13.6. The van der Waals surface area contributed by atoms with Crippen LogP contribution in [0.2, 0.25) is 0 Å². The van der Waals surface area contributed by atoms with E-state index >= 15 is 0 Å². The van der Waals surface area contributed by atoms with Gasteiger partial charge in [-0.1, -0.05) is 66.7 Å². The zero-order valence-electron chi connectivity index (χ0n) is 11.6. The highest BCUT2D eigenvalue weighted by atomic mass is 16.5. The van der Waals surface area contributed by atoms with Crippen molar-refractivity contribution in [1.29, 1.82) is 0 Å². The van der Waals surface area contributed by atoms with Crippen molar-refractivity contribution in [2.24, 2.45) is 0 Å². The summed E-state index contributed by atoms with van der Waals surface area (Å²) in [6, 6.07) is 19.7. The summed E-state index contributed by atoms with van der Waals surface area (Å²) in [5, 5.41) is 9.15. The van der Waals surface area contributed by atoms with Crippen molar-refractivity contribution >= 4 is 11.5 Å². The fraction of sp³-hybridized carbons (Fsp3) is 0.167. The van der Waals surface area contributed by atoms with Crippen LogP contribution < -0.4 is 5.48 Å². The van der Waals surface area contributed by atoms with Crippen molar-refractivity contribution in [3.63, 3.8) is 0 Å². The first-order valence-electron chi connectivity index (χ1n) is 7.03. The third kappa shape index (κ3) is 2.36. The van der Waals surface area contributed by atoms with Gasteiger partial charge in [0.1, 0.15) is 0 Å². The minimum absolute atomic E-state index is 0.375. The van der Waals surface area contributed by atoms with Crippen LogP contribution in [0.25, 0.3) is 5.57 Å². The SMILES string of the molecule is O=C(NO)[C@@]1(c2ccccc2)C=C(c2ccccc2)CC1. The molecule has 0 fully saturated rings. The predicted molar refractivity (Wildman–Crippen MR) is 81.7 cm³/mol. The summed E-state index contributed by atoms with van der Waals surface area (Å²) in [6.07, 6.45) is 3.46. The smallest absolute Gasteiger partial charge is 0.257 e. The van der Waals surface area contributed by atoms with Gasteiger partial charge in [-0.3, -0.25) is 10.0 Å². The van der Waals surface area contributed by atoms with E-state index in [4.69, 9.17) is 5.21 Å². The molecule has 1 atom stereocenters. The Hall–Kier alpha value is -2.39. The lowest BCUT2D eigenvalue weighted by atomic mass is 9.79. The van der Waals surface area contributed by atoms with Crippen molar-refractivity contribution in [1.82, 2.24) is 5.48 Å². The maximum absolute atomic E-state index is 12.3. The normalized spacial score (nSPS) is 20.9. The fourth-order valence-corrected chi connectivity index (χ4v) is 3.03. The monoisotopic (exact) mass is 279 g/mol. The fourth-order valence-electron chi connectivity index (χ4n) is 3.03. The molecule has 0 radical (unpaired) electrons. The molecule has 0 aliphatic heterocycles. The Morgan fingerprint density at radius 2 is 1.62 bits per heavy atom. The van der Waals surface area contributed by atoms with Crippen molar-refractivity contribution < 1.29 is 10.0 Å². The second-order valence-corrected chi connectivity index (χ2v) is 5.31. The number of allylic oxidation sites excluding steroid dienone is 1. The molecule has 1 aliphatic rings. The Morgan fingerprint density at radius 1 is 1.00 bits per heavy atom. The van der Waals surface area contributed by atoms with Crippen LogP contribution in [0.4, 0.5) is 0 Å². The number of amides is 1. The molecular weight excluding hydrogens is 262 g/mol. The molecule has 1 aliphatic carbocycles. The third-order valence-electron chi connectivity index (χ3n) is 4.15. The minimum atomic E-state index is -0.790. The zero-order chi connectivity index (χ0) is 14.7. The highest BCUT2D eigenvalue weighted by molar-refractivity contribution is 5.93. The van der Waals surface area contributed by atoms with Crippen LogP contribution >= 0.6 is 0 Å². The van der Waals surface area contributed by atoms with E-state index in [0.29, 0.717) is 6.42 Å². The second kappa shape index (κ2) is 5.54. The summed E-state index contributed by atoms with van der Waals surface area (Å²) in [5.41, 5.74) is 4.22. The molecule has 0 aromatic heterocycles. The number of carbonyl (C=O) groups excluding carboxylic acids is 1. The first-order chi connectivity index (χ1) is 10.3. The first-order valence-corrected chi connectivity index (χ1v) is 7.03. The lowest BCUT2D eigenvalue weighted by Gasteiger charge is -2.25. The Morgan fingerprint density at radius 3 is 2.24 bits per heavy atom. The van der Waals surface area contributed by atoms with E-state index in [1.165, 1.54) is 0 Å². The van der Waals surface area contributed by atoms with Crippen molar-refractivity contribution in [2.45, 2.75) is 18.3 Å². The van der Waals surface area contributed by atoms with Gasteiger partial charge < -0.3 is 0 Å². The number of nitrogens with one attached hydrogen (secondary N) is 1. The van der Waals surface area contributed by atoms with Gasteiger partial charge in [-0.05, 0) is 29.5 Å². The zero-order valence-corrected chi connectivity index (χ0v) is 11.6. The molecule has 2 aromatic carbocycles. The molecule has 0 bridgehead atoms. The van der Waals surface area contributed by atoms with Gasteiger partial charge in [0.25, 0.3) is 5.91 Å². The minimum Gasteiger partial charge on any atom is -0.289 e. The molecule has 2 N–H and O–H groups in total. The van der Waals surface area contributed by atoms with Crippen LogP contribution in [0.3, 0.4) is 0 Å². The van der Waals surface area contributed by atoms with E-state index in [1.807, 2.05) is 72.2 Å². The van der Waals surface area contributed by atoms with E-state index < -0.39 is 5.41 Å². The van der Waals surface area contributed by atoms with Crippen LogP contribution in [0, 0.1) is 0 Å². The average Bonchev–Trinajstić information content (AvgIpc) is 3.02. The van der Waals surface area contributed by atoms with Crippen LogP contribution in [0.15, 0.2) is 66.7 Å². The molecule has 1 amide bonds. The average molecular weight is 279 g/mol. The van der Waals surface area contributed by atoms with E-state index in [0.717, 1.165) is 23.1 Å². The van der Waals surface area contributed by atoms with Crippen molar-refractivity contribution in [2.75, 3.05) is 0 Å². The summed E-state index contributed by atoms with van der Waals surface area (Å²) in [4.78, 5) is 12.3. The van der Waals surface area contributed by atoms with Crippen LogP contribution in [0.5, 0.6) is 0 Å². The summed E-state index contributed by atoms with van der Waals surface area (Å²) in [6.45, 7) is 0. The highest BCUT2D eigenvalue weighted by Gasteiger charge is 2.41. The molecule has 3 heteroatoms. The molecule has 0 saturated heterocycles. The summed E-state index contributed by atoms with van der Waals surface area (Å²) in [5.74, 6) is -0.375. The molecular formula is C18H17NO2. The molecule has 0 heterocycles. The van der Waals surface area contributed by atoms with Gasteiger partial charge in [-0.25, -0.2) is 5.48 Å². The second-order valence-electron chi connectivity index (χ2n) is 5.31. The summed E-state index contributed by atoms with van der Waals surface area (Å²) < 4.78 is 0. The molecule has 0 spiro atoms. The van der Waals surface area contributed by atoms with Gasteiger partial charge in [0.15, 0.2) is 0 Å². The van der Waals surface area contributed by atoms with Crippen molar-refractivity contribution in [3.05, 3.63) is 77.9 Å². The van der Waals surface area contributed by atoms with E-state index in [2.05, 4.69) is 0 Å². The number of hydrogen-bond donors (Lipinski definition) is 2. The number of rotatable bonds is 3. The molecule has 2 aromatic rings. The Bertz CT molecular complexity index is 664. The van der Waals surface area contributed by atoms with E-state index in [1.54, 1.807) is 0 Å². The van der Waals surface area contributed by atoms with Crippen LogP contribution in [-0.4, -0.2) is 11.1 Å². The van der Waals surface area contributed by atoms with E-state index in [9.17, 15) is 4.79 Å². The van der Waals surface area contributed by atoms with Gasteiger partial charge in [-0.15, -0.1) is 0 Å². The van der Waals surface area contributed by atoms with Gasteiger partial charge in [0, 0.05) is 0 Å². The third-order valence-corrected chi connectivity index (χ3v) is 4.15. The molecule has 106 valence electrons. The maximum Gasteiger partial charge on any atom is 0.257 e. The number of hydrogen-bond acceptors (Lipinski definition) is 2. The highest BCUT2D eigenvalue weighted by Crippen LogP contribution is 2.42. The van der Waals surface area contributed by atoms with Crippen LogP contribution in [0.1, 0.15) is 24.0 Å². The Kier molecular flexibility index (Phi) is 3.59. The molecule has 3 nitrogen and oxygen atoms in total. The van der Waals surface area contributed by atoms with Gasteiger partial charge >= 0.3 is 0 Å². The van der Waals surface area contributed by atoms with Gasteiger partial charge in [0.2, 0.25) is 0 Å².